The maximum absolute atomic E-state index is 11.4. The smallest absolute Gasteiger partial charge is 0.407 e. The number of esters is 1. The van der Waals surface area contributed by atoms with Crippen LogP contribution in [0.15, 0.2) is 0 Å². The Morgan fingerprint density at radius 2 is 1.94 bits per heavy atom. The minimum Gasteiger partial charge on any atom is -0.466 e. The Balaban J connectivity index is 3.94. The molecule has 0 spiro atoms. The van der Waals surface area contributed by atoms with E-state index in [1.165, 1.54) is 0 Å². The van der Waals surface area contributed by atoms with E-state index in [1.54, 1.807) is 27.7 Å². The molecule has 6 nitrogen and oxygen atoms in total. The zero-order chi connectivity index (χ0) is 14.2. The van der Waals surface area contributed by atoms with Gasteiger partial charge in [-0.15, -0.1) is 0 Å². The first-order chi connectivity index (χ1) is 8.30. The van der Waals surface area contributed by atoms with Crippen molar-refractivity contribution in [2.45, 2.75) is 39.7 Å². The maximum Gasteiger partial charge on any atom is 0.407 e. The molecule has 6 heteroatoms. The second-order valence-corrected chi connectivity index (χ2v) is 4.85. The van der Waals surface area contributed by atoms with Crippen molar-refractivity contribution in [1.82, 2.24) is 5.32 Å². The number of hydrogen-bond acceptors (Lipinski definition) is 5. The van der Waals surface area contributed by atoms with Gasteiger partial charge in [-0.1, -0.05) is 0 Å². The highest BCUT2D eigenvalue weighted by molar-refractivity contribution is 5.72. The lowest BCUT2D eigenvalue weighted by atomic mass is 10.1. The summed E-state index contributed by atoms with van der Waals surface area (Å²) in [4.78, 5) is 22.7. The minimum absolute atomic E-state index is 0.249. The van der Waals surface area contributed by atoms with Crippen molar-refractivity contribution in [3.8, 4) is 0 Å². The third kappa shape index (κ3) is 7.89. The van der Waals surface area contributed by atoms with Gasteiger partial charge in [-0.3, -0.25) is 4.79 Å². The molecular weight excluding hydrogens is 238 g/mol. The molecule has 0 bridgehead atoms. The van der Waals surface area contributed by atoms with Crippen LogP contribution in [0.2, 0.25) is 0 Å². The van der Waals surface area contributed by atoms with Gasteiger partial charge in [0.15, 0.2) is 0 Å². The van der Waals surface area contributed by atoms with E-state index in [-0.39, 0.29) is 19.8 Å². The van der Waals surface area contributed by atoms with Gasteiger partial charge in [0.2, 0.25) is 0 Å². The van der Waals surface area contributed by atoms with E-state index in [0.717, 1.165) is 0 Å². The second-order valence-electron chi connectivity index (χ2n) is 4.85. The number of carbonyl (C=O) groups is 2. The fourth-order valence-corrected chi connectivity index (χ4v) is 1.21. The predicted octanol–water partition coefficient (Wildman–Crippen LogP) is 1.07. The Labute approximate surface area is 108 Å². The highest BCUT2D eigenvalue weighted by Gasteiger charge is 2.20. The third-order valence-electron chi connectivity index (χ3n) is 2.00. The molecule has 1 atom stereocenters. The first kappa shape index (κ1) is 16.7. The van der Waals surface area contributed by atoms with Crippen LogP contribution in [0.25, 0.3) is 0 Å². The molecule has 2 N–H and O–H groups in total. The number of carbonyl (C=O) groups excluding carboxylic acids is 2. The lowest BCUT2D eigenvalue weighted by Crippen LogP contribution is -2.34. The number of alkyl carbamates (subject to hydrolysis) is 1. The zero-order valence-electron chi connectivity index (χ0n) is 11.5. The maximum atomic E-state index is 11.4. The summed E-state index contributed by atoms with van der Waals surface area (Å²) in [6.07, 6.45) is -0.225. The van der Waals surface area contributed by atoms with Crippen LogP contribution in [-0.2, 0) is 14.3 Å². The lowest BCUT2D eigenvalue weighted by Gasteiger charge is -2.20. The molecule has 0 saturated heterocycles. The molecule has 0 radical (unpaired) electrons. The van der Waals surface area contributed by atoms with E-state index in [9.17, 15) is 9.59 Å². The molecule has 0 fully saturated rings. The molecule has 0 saturated carbocycles. The summed E-state index contributed by atoms with van der Waals surface area (Å²) in [5, 5.41) is 11.6. The van der Waals surface area contributed by atoms with Crippen molar-refractivity contribution in [2.24, 2.45) is 5.92 Å². The van der Waals surface area contributed by atoms with E-state index in [4.69, 9.17) is 14.6 Å². The summed E-state index contributed by atoms with van der Waals surface area (Å²) in [7, 11) is 0. The van der Waals surface area contributed by atoms with E-state index in [2.05, 4.69) is 5.32 Å². The number of nitrogens with one attached hydrogen (secondary N) is 1. The van der Waals surface area contributed by atoms with Crippen molar-refractivity contribution in [2.75, 3.05) is 19.8 Å². The summed E-state index contributed by atoms with van der Waals surface area (Å²) in [5.41, 5.74) is -0.554. The van der Waals surface area contributed by atoms with Crippen molar-refractivity contribution >= 4 is 12.1 Å². The summed E-state index contributed by atoms with van der Waals surface area (Å²) < 4.78 is 9.82. The van der Waals surface area contributed by atoms with Gasteiger partial charge in [-0.05, 0) is 34.1 Å². The Bertz CT molecular complexity index is 272. The van der Waals surface area contributed by atoms with Crippen LogP contribution < -0.4 is 5.32 Å². The number of ether oxygens (including phenoxy) is 2. The van der Waals surface area contributed by atoms with Crippen LogP contribution >= 0.6 is 0 Å². The molecule has 0 aliphatic heterocycles. The van der Waals surface area contributed by atoms with Crippen LogP contribution in [0.5, 0.6) is 0 Å². The molecule has 0 unspecified atom stereocenters. The molecule has 0 aliphatic rings. The van der Waals surface area contributed by atoms with Gasteiger partial charge in [0.25, 0.3) is 0 Å². The Morgan fingerprint density at radius 1 is 1.33 bits per heavy atom. The molecular formula is C12H23NO5. The van der Waals surface area contributed by atoms with Crippen molar-refractivity contribution in [3.05, 3.63) is 0 Å². The highest BCUT2D eigenvalue weighted by Crippen LogP contribution is 2.07. The molecule has 0 aromatic rings. The molecule has 0 heterocycles. The Kier molecular flexibility index (Phi) is 7.35. The van der Waals surface area contributed by atoms with E-state index in [1.807, 2.05) is 0 Å². The van der Waals surface area contributed by atoms with Crippen LogP contribution in [0, 0.1) is 5.92 Å². The third-order valence-corrected chi connectivity index (χ3v) is 2.00. The molecule has 0 aliphatic carbocycles. The van der Waals surface area contributed by atoms with Crippen molar-refractivity contribution in [3.63, 3.8) is 0 Å². The monoisotopic (exact) mass is 261 g/mol. The molecule has 106 valence electrons. The van der Waals surface area contributed by atoms with Gasteiger partial charge in [0.05, 0.1) is 19.1 Å². The van der Waals surface area contributed by atoms with E-state index < -0.39 is 23.6 Å². The Hall–Kier alpha value is -1.30. The fraction of sp³-hybridized carbons (Fsp3) is 0.833. The molecule has 18 heavy (non-hydrogen) atoms. The standard InChI is InChI=1S/C12H23NO5/c1-5-17-10(15)9(8-14)6-7-13-11(16)18-12(2,3)4/h9,14H,5-8H2,1-4H3,(H,13,16)/t9-/m1/s1. The van der Waals surface area contributed by atoms with E-state index >= 15 is 0 Å². The zero-order valence-corrected chi connectivity index (χ0v) is 11.5. The average Bonchev–Trinajstić information content (AvgIpc) is 2.22. The normalized spacial score (nSPS) is 12.7. The van der Waals surface area contributed by atoms with Gasteiger partial charge < -0.3 is 19.9 Å². The fourth-order valence-electron chi connectivity index (χ4n) is 1.21. The van der Waals surface area contributed by atoms with Crippen molar-refractivity contribution < 1.29 is 24.2 Å². The predicted molar refractivity (Wildman–Crippen MR) is 66.1 cm³/mol. The van der Waals surface area contributed by atoms with Gasteiger partial charge in [-0.2, -0.15) is 0 Å². The molecule has 0 rings (SSSR count). The van der Waals surface area contributed by atoms with Crippen molar-refractivity contribution in [1.29, 1.82) is 0 Å². The number of aliphatic hydroxyl groups is 1. The number of hydrogen-bond donors (Lipinski definition) is 2. The number of amides is 1. The SMILES string of the molecule is CCOC(=O)[C@@H](CO)CCNC(=O)OC(C)(C)C. The van der Waals surface area contributed by atoms with Crippen LogP contribution in [-0.4, -0.2) is 42.5 Å². The minimum atomic E-state index is -0.611. The molecule has 1 amide bonds. The van der Waals surface area contributed by atoms with Gasteiger partial charge >= 0.3 is 12.1 Å². The molecule has 0 aromatic heterocycles. The summed E-state index contributed by atoms with van der Waals surface area (Å²) >= 11 is 0. The van der Waals surface area contributed by atoms with Crippen LogP contribution in [0.1, 0.15) is 34.1 Å². The number of aliphatic hydroxyl groups excluding tert-OH is 1. The van der Waals surface area contributed by atoms with E-state index in [0.29, 0.717) is 6.42 Å². The first-order valence-corrected chi connectivity index (χ1v) is 6.04. The largest absolute Gasteiger partial charge is 0.466 e. The first-order valence-electron chi connectivity index (χ1n) is 6.04. The highest BCUT2D eigenvalue weighted by atomic mass is 16.6. The van der Waals surface area contributed by atoms with Crippen LogP contribution in [0.3, 0.4) is 0 Å². The number of rotatable bonds is 6. The topological polar surface area (TPSA) is 84.9 Å². The van der Waals surface area contributed by atoms with Gasteiger partial charge in [0.1, 0.15) is 5.60 Å². The quantitative estimate of drug-likeness (QED) is 0.699. The van der Waals surface area contributed by atoms with Crippen LogP contribution in [0.4, 0.5) is 4.79 Å². The summed E-state index contributed by atoms with van der Waals surface area (Å²) in [6, 6.07) is 0. The second kappa shape index (κ2) is 7.92. The van der Waals surface area contributed by atoms with Gasteiger partial charge in [0, 0.05) is 6.54 Å². The molecule has 0 aromatic carbocycles. The van der Waals surface area contributed by atoms with Gasteiger partial charge in [-0.25, -0.2) is 4.79 Å². The average molecular weight is 261 g/mol. The lowest BCUT2D eigenvalue weighted by molar-refractivity contribution is -0.149. The Morgan fingerprint density at radius 3 is 2.39 bits per heavy atom. The summed E-state index contributed by atoms with van der Waals surface area (Å²) in [5.74, 6) is -1.06. The summed E-state index contributed by atoms with van der Waals surface area (Å²) in [6.45, 7) is 7.22.